The van der Waals surface area contributed by atoms with Crippen molar-refractivity contribution in [2.24, 2.45) is 0 Å². The van der Waals surface area contributed by atoms with Gasteiger partial charge in [0.15, 0.2) is 0 Å². The number of benzene rings is 1. The van der Waals surface area contributed by atoms with E-state index in [-0.39, 0.29) is 12.2 Å². The molecular formula is C17H22N2O6. The van der Waals surface area contributed by atoms with Gasteiger partial charge in [-0.3, -0.25) is 25.0 Å². The summed E-state index contributed by atoms with van der Waals surface area (Å²) in [6.07, 6.45) is 8.95. The van der Waals surface area contributed by atoms with Crippen LogP contribution in [0, 0.1) is 20.2 Å². The lowest BCUT2D eigenvalue weighted by Gasteiger charge is -2.05. The first kappa shape index (κ1) is 20.3. The Labute approximate surface area is 145 Å². The third kappa shape index (κ3) is 7.56. The Morgan fingerprint density at radius 3 is 2.28 bits per heavy atom. The number of nitro benzene ring substituents is 2. The van der Waals surface area contributed by atoms with Crippen LogP contribution in [0.1, 0.15) is 51.4 Å². The third-order valence-electron chi connectivity index (χ3n) is 3.61. The molecule has 0 saturated heterocycles. The van der Waals surface area contributed by atoms with Crippen molar-refractivity contribution in [3.05, 3.63) is 51.1 Å². The fraction of sp³-hybridized carbons (Fsp3) is 0.471. The molecule has 0 aliphatic rings. The summed E-state index contributed by atoms with van der Waals surface area (Å²) < 4.78 is 4.99. The minimum Gasteiger partial charge on any atom is -0.419 e. The predicted octanol–water partition coefficient (Wildman–Crippen LogP) is 4.72. The zero-order valence-corrected chi connectivity index (χ0v) is 14.0. The van der Waals surface area contributed by atoms with Crippen LogP contribution >= 0.6 is 0 Å². The van der Waals surface area contributed by atoms with E-state index in [9.17, 15) is 25.0 Å². The Morgan fingerprint density at radius 1 is 1.04 bits per heavy atom. The molecular weight excluding hydrogens is 328 g/mol. The molecule has 1 rings (SSSR count). The lowest BCUT2D eigenvalue weighted by Crippen LogP contribution is -2.09. The van der Waals surface area contributed by atoms with Crippen LogP contribution in [-0.2, 0) is 4.79 Å². The van der Waals surface area contributed by atoms with Gasteiger partial charge in [0, 0.05) is 12.5 Å². The molecule has 0 heterocycles. The highest BCUT2D eigenvalue weighted by molar-refractivity contribution is 5.74. The van der Waals surface area contributed by atoms with E-state index >= 15 is 0 Å². The predicted molar refractivity (Wildman–Crippen MR) is 92.5 cm³/mol. The second-order valence-electron chi connectivity index (χ2n) is 5.59. The van der Waals surface area contributed by atoms with Gasteiger partial charge in [-0.15, -0.1) is 6.58 Å². The van der Waals surface area contributed by atoms with Gasteiger partial charge in [-0.25, -0.2) is 0 Å². The van der Waals surface area contributed by atoms with Gasteiger partial charge in [-0.05, 0) is 25.3 Å². The molecule has 0 bridgehead atoms. The van der Waals surface area contributed by atoms with Gasteiger partial charge >= 0.3 is 11.7 Å². The van der Waals surface area contributed by atoms with E-state index in [1.165, 1.54) is 0 Å². The zero-order chi connectivity index (χ0) is 18.7. The molecule has 0 fully saturated rings. The molecule has 0 aliphatic carbocycles. The average molecular weight is 350 g/mol. The van der Waals surface area contributed by atoms with Crippen LogP contribution in [0.3, 0.4) is 0 Å². The smallest absolute Gasteiger partial charge is 0.318 e. The first-order valence-electron chi connectivity index (χ1n) is 8.20. The first-order chi connectivity index (χ1) is 12.0. The van der Waals surface area contributed by atoms with Crippen molar-refractivity contribution >= 4 is 17.3 Å². The summed E-state index contributed by atoms with van der Waals surface area (Å²) in [6, 6.07) is 2.93. The molecule has 0 atom stereocenters. The van der Waals surface area contributed by atoms with Crippen LogP contribution in [0.5, 0.6) is 5.75 Å². The number of hydrogen-bond acceptors (Lipinski definition) is 6. The van der Waals surface area contributed by atoms with Crippen molar-refractivity contribution < 1.29 is 19.4 Å². The van der Waals surface area contributed by atoms with E-state index in [4.69, 9.17) is 4.74 Å². The summed E-state index contributed by atoms with van der Waals surface area (Å²) in [6.45, 7) is 3.67. The standard InChI is InChI=1S/C17H22N2O6/c1-2-3-4-5-6-7-8-9-10-17(20)25-16-12-11-14(18(21)22)13-15(16)19(23)24/h2,11-13H,1,3-10H2. The first-order valence-corrected chi connectivity index (χ1v) is 8.20. The Hall–Kier alpha value is -2.77. The summed E-state index contributed by atoms with van der Waals surface area (Å²) in [5, 5.41) is 21.6. The monoisotopic (exact) mass is 350 g/mol. The maximum Gasteiger partial charge on any atom is 0.318 e. The summed E-state index contributed by atoms with van der Waals surface area (Å²) in [4.78, 5) is 31.9. The molecule has 0 aliphatic heterocycles. The van der Waals surface area contributed by atoms with Gasteiger partial charge in [0.05, 0.1) is 15.9 Å². The van der Waals surface area contributed by atoms with E-state index in [0.29, 0.717) is 6.42 Å². The molecule has 0 amide bonds. The molecule has 0 unspecified atom stereocenters. The van der Waals surface area contributed by atoms with Gasteiger partial charge in [0.2, 0.25) is 5.75 Å². The highest BCUT2D eigenvalue weighted by Crippen LogP contribution is 2.31. The molecule has 25 heavy (non-hydrogen) atoms. The minimum atomic E-state index is -0.807. The van der Waals surface area contributed by atoms with Crippen LogP contribution in [-0.4, -0.2) is 15.8 Å². The molecule has 0 saturated carbocycles. The van der Waals surface area contributed by atoms with Crippen molar-refractivity contribution in [2.75, 3.05) is 0 Å². The SMILES string of the molecule is C=CCCCCCCCCC(=O)Oc1ccc([N+](=O)[O-])cc1[N+](=O)[O-]. The van der Waals surface area contributed by atoms with Crippen molar-refractivity contribution in [1.29, 1.82) is 0 Å². The number of nitro groups is 2. The number of carbonyl (C=O) groups is 1. The van der Waals surface area contributed by atoms with E-state index < -0.39 is 27.2 Å². The highest BCUT2D eigenvalue weighted by Gasteiger charge is 2.22. The van der Waals surface area contributed by atoms with Gasteiger partial charge in [0.1, 0.15) is 0 Å². The van der Waals surface area contributed by atoms with Crippen molar-refractivity contribution in [3.63, 3.8) is 0 Å². The normalized spacial score (nSPS) is 10.2. The quantitative estimate of drug-likeness (QED) is 0.135. The van der Waals surface area contributed by atoms with Crippen molar-refractivity contribution in [1.82, 2.24) is 0 Å². The summed E-state index contributed by atoms with van der Waals surface area (Å²) in [5.74, 6) is -0.853. The molecule has 8 heteroatoms. The van der Waals surface area contributed by atoms with Gasteiger partial charge in [-0.2, -0.15) is 0 Å². The Balaban J connectivity index is 2.42. The molecule has 136 valence electrons. The van der Waals surface area contributed by atoms with E-state index in [0.717, 1.165) is 56.7 Å². The lowest BCUT2D eigenvalue weighted by atomic mass is 10.1. The third-order valence-corrected chi connectivity index (χ3v) is 3.61. The van der Waals surface area contributed by atoms with Crippen LogP contribution in [0.2, 0.25) is 0 Å². The molecule has 8 nitrogen and oxygen atoms in total. The molecule has 0 N–H and O–H groups in total. The minimum absolute atomic E-state index is 0.154. The number of ether oxygens (including phenoxy) is 1. The van der Waals surface area contributed by atoms with Crippen LogP contribution < -0.4 is 4.74 Å². The molecule has 0 radical (unpaired) electrons. The molecule has 0 aromatic heterocycles. The molecule has 1 aromatic carbocycles. The van der Waals surface area contributed by atoms with Crippen LogP contribution in [0.15, 0.2) is 30.9 Å². The van der Waals surface area contributed by atoms with Gasteiger partial charge < -0.3 is 4.74 Å². The van der Waals surface area contributed by atoms with Gasteiger partial charge in [-0.1, -0.05) is 31.8 Å². The fourth-order valence-corrected chi connectivity index (χ4v) is 2.29. The lowest BCUT2D eigenvalue weighted by molar-refractivity contribution is -0.394. The molecule has 0 spiro atoms. The maximum atomic E-state index is 11.8. The van der Waals surface area contributed by atoms with E-state index in [1.807, 2.05) is 6.08 Å². The second-order valence-corrected chi connectivity index (χ2v) is 5.59. The highest BCUT2D eigenvalue weighted by atomic mass is 16.6. The number of allylic oxidation sites excluding steroid dienone is 1. The number of rotatable bonds is 12. The largest absolute Gasteiger partial charge is 0.419 e. The summed E-state index contributed by atoms with van der Waals surface area (Å²) in [5.41, 5.74) is -1.02. The number of non-ortho nitro benzene ring substituents is 1. The number of carbonyl (C=O) groups excluding carboxylic acids is 1. The van der Waals surface area contributed by atoms with Crippen LogP contribution in [0.25, 0.3) is 0 Å². The zero-order valence-electron chi connectivity index (χ0n) is 14.0. The van der Waals surface area contributed by atoms with Gasteiger partial charge in [0.25, 0.3) is 5.69 Å². The second kappa shape index (κ2) is 10.9. The van der Waals surface area contributed by atoms with E-state index in [2.05, 4.69) is 6.58 Å². The number of nitrogens with zero attached hydrogens (tertiary/aromatic N) is 2. The number of unbranched alkanes of at least 4 members (excludes halogenated alkanes) is 6. The molecule has 1 aromatic rings. The van der Waals surface area contributed by atoms with Crippen molar-refractivity contribution in [2.45, 2.75) is 51.4 Å². The van der Waals surface area contributed by atoms with Crippen LogP contribution in [0.4, 0.5) is 11.4 Å². The Morgan fingerprint density at radius 2 is 1.68 bits per heavy atom. The van der Waals surface area contributed by atoms with E-state index in [1.54, 1.807) is 0 Å². The number of hydrogen-bond donors (Lipinski definition) is 0. The Bertz CT molecular complexity index is 630. The number of esters is 1. The average Bonchev–Trinajstić information content (AvgIpc) is 2.57. The Kier molecular flexibility index (Phi) is 8.84. The fourth-order valence-electron chi connectivity index (χ4n) is 2.29. The maximum absolute atomic E-state index is 11.8. The topological polar surface area (TPSA) is 113 Å². The summed E-state index contributed by atoms with van der Waals surface area (Å²) >= 11 is 0. The van der Waals surface area contributed by atoms with Crippen molar-refractivity contribution in [3.8, 4) is 5.75 Å². The summed E-state index contributed by atoms with van der Waals surface area (Å²) in [7, 11) is 0.